The van der Waals surface area contributed by atoms with Gasteiger partial charge >= 0.3 is 0 Å². The van der Waals surface area contributed by atoms with E-state index in [4.69, 9.17) is 0 Å². The molecule has 12 aromatic carbocycles. The summed E-state index contributed by atoms with van der Waals surface area (Å²) in [6, 6.07) is 110. The fourth-order valence-corrected chi connectivity index (χ4v) is 10.8. The second-order valence-corrected chi connectivity index (χ2v) is 18.9. The van der Waals surface area contributed by atoms with Gasteiger partial charge in [-0.15, -0.1) is 0 Å². The zero-order valence-corrected chi connectivity index (χ0v) is 40.8. The third-order valence-electron chi connectivity index (χ3n) is 14.4. The van der Waals surface area contributed by atoms with E-state index in [2.05, 4.69) is 313 Å². The molecule has 0 fully saturated rings. The number of fused-ring (bicyclic) bond motifs is 3. The highest BCUT2D eigenvalue weighted by atomic mass is 15.1. The first-order valence-electron chi connectivity index (χ1n) is 25.4. The first kappa shape index (κ1) is 44.2. The standard InChI is InChI=1S/C72H50N2/c1-6-17-51(18-7-1)53-29-33-55(34-30-53)57-37-43-63(44-38-57)73(64-45-39-58(40-46-64)56-35-31-54(32-36-56)52-19-8-2-9-20-52)65-47-41-59(42-48-65)66-27-16-28-68-67(66)49-50-69-70(60-21-10-3-11-22-60)71(61-23-12-4-13-24-61)74(72(68)69)62-25-14-5-15-26-62/h1-50H. The number of aromatic nitrogens is 1. The van der Waals surface area contributed by atoms with Crippen LogP contribution in [-0.2, 0) is 0 Å². The molecule has 0 unspecified atom stereocenters. The van der Waals surface area contributed by atoms with E-state index in [0.717, 1.165) is 28.3 Å². The highest BCUT2D eigenvalue weighted by Crippen LogP contribution is 2.47. The van der Waals surface area contributed by atoms with Gasteiger partial charge in [-0.05, 0) is 121 Å². The molecule has 0 amide bonds. The van der Waals surface area contributed by atoms with Crippen molar-refractivity contribution in [1.82, 2.24) is 4.57 Å². The minimum atomic E-state index is 1.08. The summed E-state index contributed by atoms with van der Waals surface area (Å²) in [6.07, 6.45) is 0. The molecule has 0 N–H and O–H groups in total. The molecule has 0 saturated heterocycles. The molecule has 13 aromatic rings. The van der Waals surface area contributed by atoms with E-state index in [1.54, 1.807) is 0 Å². The fourth-order valence-electron chi connectivity index (χ4n) is 10.8. The Labute approximate surface area is 433 Å². The summed E-state index contributed by atoms with van der Waals surface area (Å²) >= 11 is 0. The van der Waals surface area contributed by atoms with Gasteiger partial charge in [0.05, 0.1) is 11.2 Å². The van der Waals surface area contributed by atoms with Gasteiger partial charge in [-0.1, -0.05) is 255 Å². The van der Waals surface area contributed by atoms with Gasteiger partial charge in [0, 0.05) is 39.1 Å². The van der Waals surface area contributed by atoms with Crippen LogP contribution in [0.3, 0.4) is 0 Å². The van der Waals surface area contributed by atoms with Gasteiger partial charge in [0.25, 0.3) is 0 Å². The van der Waals surface area contributed by atoms with Gasteiger partial charge in [-0.3, -0.25) is 0 Å². The Morgan fingerprint density at radius 3 is 0.986 bits per heavy atom. The zero-order chi connectivity index (χ0) is 49.2. The Morgan fingerprint density at radius 2 is 0.554 bits per heavy atom. The SMILES string of the molecule is c1ccc(-c2ccc(-c3ccc(N(c4ccc(-c5ccc(-c6ccccc6)cc5)cc4)c4ccc(-c5cccc6c5ccc5c(-c7ccccc7)c(-c7ccccc7)n(-c7ccccc7)c56)cc4)cc3)cc2)cc1. The van der Waals surface area contributed by atoms with E-state index in [-0.39, 0.29) is 0 Å². The van der Waals surface area contributed by atoms with E-state index >= 15 is 0 Å². The lowest BCUT2D eigenvalue weighted by atomic mass is 9.94. The Morgan fingerprint density at radius 1 is 0.216 bits per heavy atom. The van der Waals surface area contributed by atoms with Crippen molar-refractivity contribution in [3.05, 3.63) is 303 Å². The number of nitrogens with zero attached hydrogens (tertiary/aromatic N) is 2. The van der Waals surface area contributed by atoms with E-state index in [1.165, 1.54) is 94.1 Å². The smallest absolute Gasteiger partial charge is 0.0620 e. The summed E-state index contributed by atoms with van der Waals surface area (Å²) < 4.78 is 2.48. The normalized spacial score (nSPS) is 11.2. The molecule has 0 aliphatic rings. The average Bonchev–Trinajstić information content (AvgIpc) is 3.85. The van der Waals surface area contributed by atoms with Crippen molar-refractivity contribution in [2.75, 3.05) is 4.90 Å². The molecule has 2 heteroatoms. The molecule has 0 aliphatic heterocycles. The predicted octanol–water partition coefficient (Wildman–Crippen LogP) is 19.9. The minimum absolute atomic E-state index is 1.08. The van der Waals surface area contributed by atoms with E-state index < -0.39 is 0 Å². The maximum Gasteiger partial charge on any atom is 0.0620 e. The second-order valence-electron chi connectivity index (χ2n) is 18.9. The van der Waals surface area contributed by atoms with Crippen LogP contribution in [0.25, 0.3) is 105 Å². The Hall–Kier alpha value is -9.76. The molecule has 1 heterocycles. The molecule has 0 radical (unpaired) electrons. The van der Waals surface area contributed by atoms with Crippen LogP contribution >= 0.6 is 0 Å². The maximum atomic E-state index is 2.48. The second kappa shape index (κ2) is 19.4. The molecule has 13 rings (SSSR count). The van der Waals surface area contributed by atoms with Crippen LogP contribution in [0.1, 0.15) is 0 Å². The molecule has 1 aromatic heterocycles. The first-order valence-corrected chi connectivity index (χ1v) is 25.4. The maximum absolute atomic E-state index is 2.48. The summed E-state index contributed by atoms with van der Waals surface area (Å²) in [5, 5.41) is 3.64. The molecule has 74 heavy (non-hydrogen) atoms. The summed E-state index contributed by atoms with van der Waals surface area (Å²) in [4.78, 5) is 2.37. The summed E-state index contributed by atoms with van der Waals surface area (Å²) in [5.41, 5.74) is 22.3. The lowest BCUT2D eigenvalue weighted by Crippen LogP contribution is -2.09. The lowest BCUT2D eigenvalue weighted by molar-refractivity contribution is 1.14. The van der Waals surface area contributed by atoms with Crippen LogP contribution in [0.2, 0.25) is 0 Å². The van der Waals surface area contributed by atoms with Gasteiger partial charge in [-0.2, -0.15) is 0 Å². The largest absolute Gasteiger partial charge is 0.311 e. The van der Waals surface area contributed by atoms with Gasteiger partial charge in [0.15, 0.2) is 0 Å². The molecule has 0 atom stereocenters. The molecule has 0 saturated carbocycles. The highest BCUT2D eigenvalue weighted by Gasteiger charge is 2.24. The fraction of sp³-hybridized carbons (Fsp3) is 0. The molecule has 2 nitrogen and oxygen atoms in total. The van der Waals surface area contributed by atoms with Crippen LogP contribution in [-0.4, -0.2) is 4.57 Å². The van der Waals surface area contributed by atoms with Crippen molar-refractivity contribution in [2.45, 2.75) is 0 Å². The van der Waals surface area contributed by atoms with Crippen molar-refractivity contribution < 1.29 is 0 Å². The van der Waals surface area contributed by atoms with Gasteiger partial charge in [0.2, 0.25) is 0 Å². The molecule has 0 bridgehead atoms. The van der Waals surface area contributed by atoms with Crippen LogP contribution in [0.15, 0.2) is 303 Å². The topological polar surface area (TPSA) is 8.17 Å². The van der Waals surface area contributed by atoms with Gasteiger partial charge in [0.1, 0.15) is 0 Å². The number of anilines is 3. The van der Waals surface area contributed by atoms with Crippen molar-refractivity contribution in [2.24, 2.45) is 0 Å². The number of rotatable bonds is 11. The van der Waals surface area contributed by atoms with Crippen molar-refractivity contribution >= 4 is 38.7 Å². The quantitative estimate of drug-likeness (QED) is 0.125. The van der Waals surface area contributed by atoms with E-state index in [1.807, 2.05) is 0 Å². The molecular formula is C72H50N2. The first-order chi connectivity index (χ1) is 36.7. The summed E-state index contributed by atoms with van der Waals surface area (Å²) in [6.45, 7) is 0. The highest BCUT2D eigenvalue weighted by molar-refractivity contribution is 6.18. The minimum Gasteiger partial charge on any atom is -0.311 e. The number of hydrogen-bond acceptors (Lipinski definition) is 1. The van der Waals surface area contributed by atoms with Crippen LogP contribution in [0.5, 0.6) is 0 Å². The lowest BCUT2D eigenvalue weighted by Gasteiger charge is -2.26. The molecule has 0 spiro atoms. The van der Waals surface area contributed by atoms with Gasteiger partial charge < -0.3 is 9.47 Å². The van der Waals surface area contributed by atoms with E-state index in [0.29, 0.717) is 0 Å². The van der Waals surface area contributed by atoms with Crippen molar-refractivity contribution in [3.63, 3.8) is 0 Å². The third kappa shape index (κ3) is 8.35. The predicted molar refractivity (Wildman–Crippen MR) is 314 cm³/mol. The molecule has 0 aliphatic carbocycles. The van der Waals surface area contributed by atoms with Crippen molar-refractivity contribution in [1.29, 1.82) is 0 Å². The average molecular weight is 943 g/mol. The Kier molecular flexibility index (Phi) is 11.6. The van der Waals surface area contributed by atoms with Crippen LogP contribution < -0.4 is 4.90 Å². The van der Waals surface area contributed by atoms with Crippen LogP contribution in [0.4, 0.5) is 17.1 Å². The van der Waals surface area contributed by atoms with Gasteiger partial charge in [-0.25, -0.2) is 0 Å². The summed E-state index contributed by atoms with van der Waals surface area (Å²) in [7, 11) is 0. The third-order valence-corrected chi connectivity index (χ3v) is 14.4. The molecular weight excluding hydrogens is 893 g/mol. The van der Waals surface area contributed by atoms with E-state index in [9.17, 15) is 0 Å². The zero-order valence-electron chi connectivity index (χ0n) is 40.8. The monoisotopic (exact) mass is 942 g/mol. The summed E-state index contributed by atoms with van der Waals surface area (Å²) in [5.74, 6) is 0. The van der Waals surface area contributed by atoms with Crippen molar-refractivity contribution in [3.8, 4) is 83.7 Å². The number of para-hydroxylation sites is 1. The van der Waals surface area contributed by atoms with Crippen LogP contribution in [0, 0.1) is 0 Å². The number of benzene rings is 12. The Bertz CT molecular complexity index is 3890. The molecule has 348 valence electrons. The Balaban J connectivity index is 0.898. The number of hydrogen-bond donors (Lipinski definition) is 0.